The van der Waals surface area contributed by atoms with E-state index in [2.05, 4.69) is 66.0 Å². The topological polar surface area (TPSA) is 38.0 Å². The molecule has 20 heavy (non-hydrogen) atoms. The summed E-state index contributed by atoms with van der Waals surface area (Å²) in [5, 5.41) is 3.64. The van der Waals surface area contributed by atoms with Gasteiger partial charge in [0.05, 0.1) is 0 Å². The maximum atomic E-state index is 6.01. The molecule has 1 saturated heterocycles. The van der Waals surface area contributed by atoms with Gasteiger partial charge in [0.25, 0.3) is 0 Å². The Morgan fingerprint density at radius 3 is 1.85 bits per heavy atom. The number of hydrogen-bond donors (Lipinski definition) is 2. The molecule has 2 nitrogen and oxygen atoms in total. The maximum Gasteiger partial charge on any atom is 0.0243 e. The van der Waals surface area contributed by atoms with Crippen LogP contribution in [0.1, 0.15) is 29.9 Å². The largest absolute Gasteiger partial charge is 0.327 e. The van der Waals surface area contributed by atoms with Crippen molar-refractivity contribution in [1.29, 1.82) is 0 Å². The zero-order valence-corrected chi connectivity index (χ0v) is 11.7. The molecule has 0 radical (unpaired) electrons. The van der Waals surface area contributed by atoms with Gasteiger partial charge in [0.1, 0.15) is 0 Å². The molecule has 2 aromatic rings. The third-order valence-corrected chi connectivity index (χ3v) is 4.21. The summed E-state index contributed by atoms with van der Waals surface area (Å²) in [6.45, 7) is 0.917. The molecule has 0 amide bonds. The second-order valence-corrected chi connectivity index (χ2v) is 5.65. The van der Waals surface area contributed by atoms with Gasteiger partial charge in [-0.15, -0.1) is 0 Å². The number of rotatable bonds is 3. The average molecular weight is 266 g/mol. The minimum atomic E-state index is 0.304. The molecule has 104 valence electrons. The monoisotopic (exact) mass is 266 g/mol. The fourth-order valence-electron chi connectivity index (χ4n) is 3.16. The van der Waals surface area contributed by atoms with Crippen LogP contribution in [0.5, 0.6) is 0 Å². The molecule has 0 aromatic heterocycles. The molecule has 0 saturated carbocycles. The summed E-state index contributed by atoms with van der Waals surface area (Å²) in [7, 11) is 0. The summed E-state index contributed by atoms with van der Waals surface area (Å²) in [6, 6.07) is 22.4. The fraction of sp³-hybridized carbons (Fsp3) is 0.333. The van der Waals surface area contributed by atoms with Crippen molar-refractivity contribution >= 4 is 0 Å². The molecular weight excluding hydrogens is 244 g/mol. The Balaban J connectivity index is 1.92. The van der Waals surface area contributed by atoms with Gasteiger partial charge in [-0.25, -0.2) is 0 Å². The predicted molar refractivity (Wildman–Crippen MR) is 83.7 cm³/mol. The van der Waals surface area contributed by atoms with Crippen LogP contribution in [0.15, 0.2) is 60.7 Å². The van der Waals surface area contributed by atoms with Crippen LogP contribution in [-0.4, -0.2) is 18.6 Å². The lowest BCUT2D eigenvalue weighted by Gasteiger charge is -2.34. The second kappa shape index (κ2) is 6.21. The van der Waals surface area contributed by atoms with Gasteiger partial charge in [0, 0.05) is 24.5 Å². The standard InChI is InChI=1S/C18H22N2/c19-16-11-12-17(20-13-16)18(14-7-3-1-4-8-14)15-9-5-2-6-10-15/h1-10,16-18,20H,11-13,19H2/t16-,17-/m0/s1. The van der Waals surface area contributed by atoms with Gasteiger partial charge < -0.3 is 11.1 Å². The Labute approximate surface area is 121 Å². The molecule has 0 bridgehead atoms. The number of nitrogens with one attached hydrogen (secondary N) is 1. The van der Waals surface area contributed by atoms with E-state index >= 15 is 0 Å². The zero-order chi connectivity index (χ0) is 13.8. The van der Waals surface area contributed by atoms with Crippen molar-refractivity contribution in [3.8, 4) is 0 Å². The predicted octanol–water partition coefficient (Wildman–Crippen LogP) is 2.90. The normalized spacial score (nSPS) is 22.9. The van der Waals surface area contributed by atoms with Gasteiger partial charge in [-0.2, -0.15) is 0 Å². The van der Waals surface area contributed by atoms with Gasteiger partial charge in [-0.3, -0.25) is 0 Å². The number of piperidine rings is 1. The van der Waals surface area contributed by atoms with Crippen LogP contribution in [0.25, 0.3) is 0 Å². The Bertz CT molecular complexity index is 476. The third kappa shape index (κ3) is 2.92. The SMILES string of the molecule is N[C@H]1CC[C@@H](C(c2ccccc2)c2ccccc2)NC1. The lowest BCUT2D eigenvalue weighted by molar-refractivity contribution is 0.342. The first-order valence-electron chi connectivity index (χ1n) is 7.43. The lowest BCUT2D eigenvalue weighted by Crippen LogP contribution is -2.48. The quantitative estimate of drug-likeness (QED) is 0.896. The van der Waals surface area contributed by atoms with Crippen LogP contribution < -0.4 is 11.1 Å². The van der Waals surface area contributed by atoms with Crippen molar-refractivity contribution in [2.24, 2.45) is 5.73 Å². The summed E-state index contributed by atoms with van der Waals surface area (Å²) in [4.78, 5) is 0. The minimum absolute atomic E-state index is 0.304. The van der Waals surface area contributed by atoms with E-state index in [1.54, 1.807) is 0 Å². The van der Waals surface area contributed by atoms with Crippen molar-refractivity contribution in [1.82, 2.24) is 5.32 Å². The number of benzene rings is 2. The Morgan fingerprint density at radius 2 is 1.40 bits per heavy atom. The lowest BCUT2D eigenvalue weighted by atomic mass is 9.81. The fourth-order valence-corrected chi connectivity index (χ4v) is 3.16. The van der Waals surface area contributed by atoms with E-state index in [4.69, 9.17) is 5.73 Å². The average Bonchev–Trinajstić information content (AvgIpc) is 2.52. The van der Waals surface area contributed by atoms with Crippen LogP contribution in [0.3, 0.4) is 0 Å². The second-order valence-electron chi connectivity index (χ2n) is 5.65. The van der Waals surface area contributed by atoms with Crippen LogP contribution >= 0.6 is 0 Å². The number of hydrogen-bond acceptors (Lipinski definition) is 2. The highest BCUT2D eigenvalue weighted by Gasteiger charge is 2.27. The van der Waals surface area contributed by atoms with E-state index in [0.717, 1.165) is 19.4 Å². The van der Waals surface area contributed by atoms with E-state index in [0.29, 0.717) is 18.0 Å². The number of nitrogens with two attached hydrogens (primary N) is 1. The van der Waals surface area contributed by atoms with Crippen LogP contribution in [0, 0.1) is 0 Å². The van der Waals surface area contributed by atoms with E-state index in [1.807, 2.05) is 0 Å². The highest BCUT2D eigenvalue weighted by atomic mass is 15.0. The molecule has 3 N–H and O–H groups in total. The van der Waals surface area contributed by atoms with Crippen LogP contribution in [0.4, 0.5) is 0 Å². The van der Waals surface area contributed by atoms with E-state index in [-0.39, 0.29) is 0 Å². The summed E-state index contributed by atoms with van der Waals surface area (Å²) < 4.78 is 0. The molecule has 1 heterocycles. The Morgan fingerprint density at radius 1 is 0.850 bits per heavy atom. The molecule has 2 heteroatoms. The summed E-state index contributed by atoms with van der Waals surface area (Å²) >= 11 is 0. The van der Waals surface area contributed by atoms with Crippen LogP contribution in [-0.2, 0) is 0 Å². The Hall–Kier alpha value is -1.64. The van der Waals surface area contributed by atoms with Crippen molar-refractivity contribution < 1.29 is 0 Å². The molecule has 3 rings (SSSR count). The third-order valence-electron chi connectivity index (χ3n) is 4.21. The summed E-state index contributed by atoms with van der Waals surface area (Å²) in [5.74, 6) is 0.407. The van der Waals surface area contributed by atoms with E-state index in [1.165, 1.54) is 11.1 Å². The van der Waals surface area contributed by atoms with Gasteiger partial charge >= 0.3 is 0 Å². The summed E-state index contributed by atoms with van der Waals surface area (Å²) in [5.41, 5.74) is 8.77. The first kappa shape index (κ1) is 13.3. The van der Waals surface area contributed by atoms with Crippen molar-refractivity contribution in [2.75, 3.05) is 6.54 Å². The molecule has 1 aliphatic heterocycles. The Kier molecular flexibility index (Phi) is 4.14. The van der Waals surface area contributed by atoms with Gasteiger partial charge in [-0.1, -0.05) is 60.7 Å². The van der Waals surface area contributed by atoms with Gasteiger partial charge in [0.15, 0.2) is 0 Å². The summed E-state index contributed by atoms with van der Waals surface area (Å²) in [6.07, 6.45) is 2.24. The van der Waals surface area contributed by atoms with Crippen molar-refractivity contribution in [2.45, 2.75) is 30.8 Å². The zero-order valence-electron chi connectivity index (χ0n) is 11.7. The van der Waals surface area contributed by atoms with Crippen LogP contribution in [0.2, 0.25) is 0 Å². The molecule has 0 unspecified atom stereocenters. The molecule has 1 aliphatic rings. The van der Waals surface area contributed by atoms with E-state index in [9.17, 15) is 0 Å². The molecule has 0 aliphatic carbocycles. The smallest absolute Gasteiger partial charge is 0.0243 e. The highest BCUT2D eigenvalue weighted by molar-refractivity contribution is 5.34. The highest BCUT2D eigenvalue weighted by Crippen LogP contribution is 2.31. The molecule has 2 atom stereocenters. The first-order chi connectivity index (χ1) is 9.84. The molecule has 2 aromatic carbocycles. The molecular formula is C18H22N2. The maximum absolute atomic E-state index is 6.01. The first-order valence-corrected chi connectivity index (χ1v) is 7.43. The van der Waals surface area contributed by atoms with E-state index < -0.39 is 0 Å². The van der Waals surface area contributed by atoms with Crippen molar-refractivity contribution in [3.05, 3.63) is 71.8 Å². The van der Waals surface area contributed by atoms with Crippen molar-refractivity contribution in [3.63, 3.8) is 0 Å². The van der Waals surface area contributed by atoms with Gasteiger partial charge in [0.2, 0.25) is 0 Å². The minimum Gasteiger partial charge on any atom is -0.327 e. The molecule has 1 fully saturated rings. The van der Waals surface area contributed by atoms with Gasteiger partial charge in [-0.05, 0) is 24.0 Å². The molecule has 0 spiro atoms.